The second-order valence-corrected chi connectivity index (χ2v) is 14.1. The van der Waals surface area contributed by atoms with E-state index < -0.39 is 28.7 Å². The molecule has 0 aromatic heterocycles. The number of ether oxygens (including phenoxy) is 1. The van der Waals surface area contributed by atoms with Crippen molar-refractivity contribution in [3.05, 3.63) is 49.6 Å². The van der Waals surface area contributed by atoms with Gasteiger partial charge in [-0.15, -0.1) is 24.9 Å². The van der Waals surface area contributed by atoms with E-state index in [1.54, 1.807) is 45.5 Å². The molecule has 10 heteroatoms. The largest absolute Gasteiger partial charge is 0.494 e. The van der Waals surface area contributed by atoms with Crippen LogP contribution in [0.1, 0.15) is 46.5 Å². The summed E-state index contributed by atoms with van der Waals surface area (Å²) in [4.78, 5) is 48.3. The number of rotatable bonds is 15. The average molecular weight is 663 g/mol. The normalized spacial score (nSPS) is 28.4. The van der Waals surface area contributed by atoms with Gasteiger partial charge in [0.1, 0.15) is 11.8 Å². The molecule has 0 saturated carbocycles. The summed E-state index contributed by atoms with van der Waals surface area (Å²) in [5.41, 5.74) is 0.697. The van der Waals surface area contributed by atoms with Crippen LogP contribution in [0, 0.1) is 11.8 Å². The van der Waals surface area contributed by atoms with E-state index in [1.165, 1.54) is 0 Å². The molecular weight excluding hydrogens is 618 g/mol. The van der Waals surface area contributed by atoms with Gasteiger partial charge in [0.2, 0.25) is 17.7 Å². The molecular formula is C32H44BrN3O5S. The molecule has 3 aliphatic rings. The first-order valence-corrected chi connectivity index (χ1v) is 16.8. The third-order valence-corrected chi connectivity index (χ3v) is 11.9. The van der Waals surface area contributed by atoms with Crippen molar-refractivity contribution in [2.24, 2.45) is 11.8 Å². The number of benzene rings is 1. The molecule has 1 aromatic carbocycles. The Morgan fingerprint density at radius 1 is 1.19 bits per heavy atom. The zero-order chi connectivity index (χ0) is 30.6. The summed E-state index contributed by atoms with van der Waals surface area (Å²) in [5.74, 6) is -1.10. The molecule has 0 radical (unpaired) electrons. The van der Waals surface area contributed by atoms with Crippen molar-refractivity contribution in [1.82, 2.24) is 9.80 Å². The molecule has 1 spiro atoms. The van der Waals surface area contributed by atoms with Gasteiger partial charge in [0.15, 0.2) is 0 Å². The van der Waals surface area contributed by atoms with Crippen molar-refractivity contribution in [2.45, 2.75) is 73.4 Å². The fourth-order valence-corrected chi connectivity index (χ4v) is 10.5. The number of unbranched alkanes of at least 4 members (excludes halogenated alkanes) is 2. The van der Waals surface area contributed by atoms with E-state index in [4.69, 9.17) is 4.74 Å². The molecule has 0 aliphatic carbocycles. The number of alkyl halides is 1. The second-order valence-electron chi connectivity index (χ2n) is 11.4. The zero-order valence-corrected chi connectivity index (χ0v) is 27.3. The van der Waals surface area contributed by atoms with Crippen LogP contribution >= 0.6 is 27.7 Å². The van der Waals surface area contributed by atoms with Crippen LogP contribution in [0.3, 0.4) is 0 Å². The van der Waals surface area contributed by atoms with Gasteiger partial charge in [-0.3, -0.25) is 14.4 Å². The second kappa shape index (κ2) is 14.0. The first-order chi connectivity index (χ1) is 20.2. The van der Waals surface area contributed by atoms with Gasteiger partial charge in [0, 0.05) is 35.4 Å². The number of hydrogen-bond donors (Lipinski definition) is 1. The Balaban J connectivity index is 1.74. The van der Waals surface area contributed by atoms with Crippen molar-refractivity contribution in [2.75, 3.05) is 37.7 Å². The molecule has 2 bridgehead atoms. The highest BCUT2D eigenvalue weighted by molar-refractivity contribution is 9.09. The lowest BCUT2D eigenvalue weighted by Gasteiger charge is -2.39. The van der Waals surface area contributed by atoms with Crippen molar-refractivity contribution in [3.63, 3.8) is 0 Å². The molecule has 1 aromatic rings. The minimum Gasteiger partial charge on any atom is -0.494 e. The Kier molecular flexibility index (Phi) is 10.9. The van der Waals surface area contributed by atoms with Crippen LogP contribution in [0.15, 0.2) is 49.6 Å². The summed E-state index contributed by atoms with van der Waals surface area (Å²) in [5, 5.41) is 10.0. The number of likely N-dealkylation sites (tertiary alicyclic amines) is 1. The Hall–Kier alpha value is -2.30. The molecule has 3 amide bonds. The Morgan fingerprint density at radius 2 is 1.88 bits per heavy atom. The lowest BCUT2D eigenvalue weighted by Crippen LogP contribution is -2.57. The monoisotopic (exact) mass is 661 g/mol. The minimum atomic E-state index is -0.778. The first-order valence-electron chi connectivity index (χ1n) is 15.0. The molecule has 7 atom stereocenters. The number of nitrogens with zero attached hydrogens (tertiary/aromatic N) is 3. The van der Waals surface area contributed by atoms with Crippen molar-refractivity contribution >= 4 is 51.1 Å². The first kappa shape index (κ1) is 32.6. The predicted octanol–water partition coefficient (Wildman–Crippen LogP) is 4.65. The highest BCUT2D eigenvalue weighted by Crippen LogP contribution is 2.68. The van der Waals surface area contributed by atoms with Crippen LogP contribution in [0.4, 0.5) is 5.69 Å². The van der Waals surface area contributed by atoms with Gasteiger partial charge in [-0.1, -0.05) is 47.8 Å². The summed E-state index contributed by atoms with van der Waals surface area (Å²) in [6.07, 6.45) is 6.88. The fourth-order valence-electron chi connectivity index (χ4n) is 6.88. The van der Waals surface area contributed by atoms with Crippen molar-refractivity contribution in [3.8, 4) is 5.75 Å². The van der Waals surface area contributed by atoms with Crippen LogP contribution < -0.4 is 9.64 Å². The SMILES string of the molecule is C=CCN(CCCCC)C(=O)C1N([C@H](C)CO)C(=O)[C@@H]2[C@@H](C(=O)N(CC=C)c3ccc(OCC)cc3)[C@@H]3SC12CC3Br. The summed E-state index contributed by atoms with van der Waals surface area (Å²) < 4.78 is 4.81. The zero-order valence-electron chi connectivity index (χ0n) is 24.9. The number of aliphatic hydroxyl groups is 1. The van der Waals surface area contributed by atoms with E-state index in [0.717, 1.165) is 19.3 Å². The number of fused-ring (bicyclic) bond motifs is 1. The summed E-state index contributed by atoms with van der Waals surface area (Å²) in [7, 11) is 0. The minimum absolute atomic E-state index is 0.0426. The number of aliphatic hydroxyl groups excluding tert-OH is 1. The average Bonchev–Trinajstić information content (AvgIpc) is 3.58. The van der Waals surface area contributed by atoms with Crippen LogP contribution in [0.5, 0.6) is 5.75 Å². The van der Waals surface area contributed by atoms with E-state index in [1.807, 2.05) is 31.2 Å². The fraction of sp³-hybridized carbons (Fsp3) is 0.594. The quantitative estimate of drug-likeness (QED) is 0.167. The molecule has 42 heavy (non-hydrogen) atoms. The van der Waals surface area contributed by atoms with Crippen molar-refractivity contribution in [1.29, 1.82) is 0 Å². The van der Waals surface area contributed by atoms with Gasteiger partial charge in [0.05, 0.1) is 35.8 Å². The number of thioether (sulfide) groups is 1. The van der Waals surface area contributed by atoms with E-state index in [-0.39, 0.29) is 41.0 Å². The molecule has 3 saturated heterocycles. The van der Waals surface area contributed by atoms with E-state index in [2.05, 4.69) is 36.0 Å². The Morgan fingerprint density at radius 3 is 2.48 bits per heavy atom. The van der Waals surface area contributed by atoms with Gasteiger partial charge in [0.25, 0.3) is 0 Å². The molecule has 3 heterocycles. The Labute approximate surface area is 262 Å². The number of halogens is 1. The van der Waals surface area contributed by atoms with Crippen molar-refractivity contribution < 1.29 is 24.2 Å². The topological polar surface area (TPSA) is 90.4 Å². The van der Waals surface area contributed by atoms with Crippen LogP contribution in [-0.4, -0.2) is 92.4 Å². The van der Waals surface area contributed by atoms with Gasteiger partial charge in [-0.05, 0) is 51.0 Å². The molecule has 230 valence electrons. The number of hydrogen-bond acceptors (Lipinski definition) is 6. The maximum absolute atomic E-state index is 14.5. The van der Waals surface area contributed by atoms with E-state index in [0.29, 0.717) is 37.6 Å². The number of carbonyl (C=O) groups is 3. The molecule has 3 fully saturated rings. The summed E-state index contributed by atoms with van der Waals surface area (Å²) in [6, 6.07) is 6.02. The summed E-state index contributed by atoms with van der Waals surface area (Å²) >= 11 is 5.46. The van der Waals surface area contributed by atoms with E-state index >= 15 is 0 Å². The van der Waals surface area contributed by atoms with Crippen LogP contribution in [0.25, 0.3) is 0 Å². The predicted molar refractivity (Wildman–Crippen MR) is 172 cm³/mol. The van der Waals surface area contributed by atoms with Crippen LogP contribution in [0.2, 0.25) is 0 Å². The maximum atomic E-state index is 14.5. The molecule has 4 rings (SSSR count). The lowest BCUT2D eigenvalue weighted by molar-refractivity contribution is -0.145. The lowest BCUT2D eigenvalue weighted by atomic mass is 9.70. The summed E-state index contributed by atoms with van der Waals surface area (Å²) in [6.45, 7) is 15.1. The third kappa shape index (κ3) is 5.78. The maximum Gasteiger partial charge on any atom is 0.247 e. The molecule has 8 nitrogen and oxygen atoms in total. The van der Waals surface area contributed by atoms with Gasteiger partial charge in [-0.2, -0.15) is 0 Å². The highest BCUT2D eigenvalue weighted by Gasteiger charge is 2.76. The number of anilines is 1. The standard InChI is InChI=1S/C32H44BrN3O5S/c1-6-10-11-18-34(16-7-2)31(40)28-32-19-24(33)27(42-32)25(26(32)30(39)36(28)21(5)20-37)29(38)35(17-8-3)22-12-14-23(15-13-22)41-9-4/h7-8,12-15,21,24-28,37H,2-3,6,9-11,16-20H2,1,4-5H3/t21-,24?,25-,26+,27-,28?,32?/m1/s1. The van der Waals surface area contributed by atoms with Crippen LogP contribution in [-0.2, 0) is 14.4 Å². The molecule has 3 aliphatic heterocycles. The van der Waals surface area contributed by atoms with Gasteiger partial charge in [-0.25, -0.2) is 0 Å². The number of amides is 3. The van der Waals surface area contributed by atoms with Gasteiger partial charge >= 0.3 is 0 Å². The van der Waals surface area contributed by atoms with Gasteiger partial charge < -0.3 is 24.5 Å². The highest BCUT2D eigenvalue weighted by atomic mass is 79.9. The van der Waals surface area contributed by atoms with E-state index in [9.17, 15) is 19.5 Å². The smallest absolute Gasteiger partial charge is 0.247 e. The Bertz CT molecular complexity index is 1170. The number of carbonyl (C=O) groups excluding carboxylic acids is 3. The third-order valence-electron chi connectivity index (χ3n) is 8.72. The molecule has 3 unspecified atom stereocenters. The molecule has 1 N–H and O–H groups in total.